The largest absolute Gasteiger partial charge is 0.463 e. The van der Waals surface area contributed by atoms with Crippen LogP contribution in [0.2, 0.25) is 0 Å². The Morgan fingerprint density at radius 2 is 0.927 bits per heavy atom. The molecule has 0 spiro atoms. The second kappa shape index (κ2) is 32.3. The van der Waals surface area contributed by atoms with E-state index in [4.69, 9.17) is 9.84 Å². The third-order valence-corrected chi connectivity index (χ3v) is 8.76. The molecule has 4 nitrogen and oxygen atoms in total. The van der Waals surface area contributed by atoms with Crippen molar-refractivity contribution in [3.05, 3.63) is 0 Å². The average molecular weight is 583 g/mol. The quantitative estimate of drug-likeness (QED) is 0.0596. The van der Waals surface area contributed by atoms with E-state index in [-0.39, 0.29) is 19.2 Å². The van der Waals surface area contributed by atoms with Crippen molar-refractivity contribution in [3.8, 4) is 0 Å². The minimum atomic E-state index is -0.967. The molecule has 4 heteroatoms. The molecular weight excluding hydrogens is 508 g/mol. The summed E-state index contributed by atoms with van der Waals surface area (Å²) in [5.74, 6) is 1.21. The van der Waals surface area contributed by atoms with Crippen molar-refractivity contribution in [2.75, 3.05) is 13.2 Å². The van der Waals surface area contributed by atoms with Gasteiger partial charge in [-0.15, -0.1) is 0 Å². The molecule has 0 aliphatic rings. The Labute approximate surface area is 257 Å². The highest BCUT2D eigenvalue weighted by molar-refractivity contribution is 5.69. The van der Waals surface area contributed by atoms with E-state index in [1.54, 1.807) is 0 Å². The second-order valence-corrected chi connectivity index (χ2v) is 13.5. The standard InChI is InChI=1S/C37H74O4/c1-4-5-6-7-8-9-10-11-12-13-16-19-22-25-28-35(30-31-37(40)41-33-36(39)32-38)29-26-23-20-17-14-15-18-21-24-27-34(2)3/h34-36,38-39H,4-33H2,1-3H3. The molecule has 0 aromatic carbocycles. The number of carbonyl (C=O) groups excluding carboxylic acids is 1. The molecule has 0 amide bonds. The van der Waals surface area contributed by atoms with Gasteiger partial charge in [0.05, 0.1) is 6.61 Å². The molecule has 41 heavy (non-hydrogen) atoms. The van der Waals surface area contributed by atoms with Crippen LogP contribution in [0.3, 0.4) is 0 Å². The minimum absolute atomic E-state index is 0.101. The van der Waals surface area contributed by atoms with E-state index < -0.39 is 6.10 Å². The van der Waals surface area contributed by atoms with Gasteiger partial charge >= 0.3 is 5.97 Å². The maximum Gasteiger partial charge on any atom is 0.305 e. The summed E-state index contributed by atoms with van der Waals surface area (Å²) >= 11 is 0. The molecule has 0 saturated carbocycles. The first-order chi connectivity index (χ1) is 20.0. The maximum atomic E-state index is 12.1. The van der Waals surface area contributed by atoms with Crippen LogP contribution in [0.25, 0.3) is 0 Å². The van der Waals surface area contributed by atoms with Gasteiger partial charge in [-0.3, -0.25) is 4.79 Å². The molecular formula is C37H74O4. The predicted octanol–water partition coefficient (Wildman–Crippen LogP) is 11.1. The Bertz CT molecular complexity index is 521. The molecule has 0 aromatic heterocycles. The topological polar surface area (TPSA) is 66.8 Å². The number of aliphatic hydroxyl groups is 2. The van der Waals surface area contributed by atoms with Gasteiger partial charge in [0, 0.05) is 6.42 Å². The van der Waals surface area contributed by atoms with Crippen LogP contribution in [-0.4, -0.2) is 35.5 Å². The van der Waals surface area contributed by atoms with E-state index in [9.17, 15) is 9.90 Å². The van der Waals surface area contributed by atoms with E-state index in [2.05, 4.69) is 20.8 Å². The first-order valence-electron chi connectivity index (χ1n) is 18.4. The third-order valence-electron chi connectivity index (χ3n) is 8.76. The number of unbranched alkanes of at least 4 members (excludes halogenated alkanes) is 21. The fourth-order valence-corrected chi connectivity index (χ4v) is 5.92. The Morgan fingerprint density at radius 3 is 1.29 bits per heavy atom. The summed E-state index contributed by atoms with van der Waals surface area (Å²) in [6.07, 6.45) is 35.9. The van der Waals surface area contributed by atoms with Gasteiger partial charge in [0.25, 0.3) is 0 Å². The molecule has 0 aromatic rings. The molecule has 2 unspecified atom stereocenters. The Balaban J connectivity index is 3.97. The first kappa shape index (κ1) is 40.4. The first-order valence-corrected chi connectivity index (χ1v) is 18.4. The van der Waals surface area contributed by atoms with Crippen molar-refractivity contribution < 1.29 is 19.7 Å². The van der Waals surface area contributed by atoms with Crippen LogP contribution in [-0.2, 0) is 9.53 Å². The number of ether oxygens (including phenoxy) is 1. The highest BCUT2D eigenvalue weighted by atomic mass is 16.5. The Kier molecular flexibility index (Phi) is 31.8. The van der Waals surface area contributed by atoms with Crippen molar-refractivity contribution >= 4 is 5.97 Å². The van der Waals surface area contributed by atoms with E-state index in [0.29, 0.717) is 12.3 Å². The molecule has 0 aliphatic carbocycles. The summed E-state index contributed by atoms with van der Waals surface area (Å²) in [7, 11) is 0. The van der Waals surface area contributed by atoms with Crippen molar-refractivity contribution in [2.24, 2.45) is 11.8 Å². The highest BCUT2D eigenvalue weighted by Gasteiger charge is 2.13. The summed E-state index contributed by atoms with van der Waals surface area (Å²) in [5, 5.41) is 18.4. The molecule has 0 heterocycles. The van der Waals surface area contributed by atoms with Crippen LogP contribution in [0.1, 0.15) is 201 Å². The summed E-state index contributed by atoms with van der Waals surface area (Å²) < 4.78 is 5.14. The van der Waals surface area contributed by atoms with Crippen molar-refractivity contribution in [1.29, 1.82) is 0 Å². The zero-order valence-corrected chi connectivity index (χ0v) is 28.2. The number of hydrogen-bond donors (Lipinski definition) is 2. The predicted molar refractivity (Wildman–Crippen MR) is 177 cm³/mol. The van der Waals surface area contributed by atoms with Crippen LogP contribution in [0.5, 0.6) is 0 Å². The minimum Gasteiger partial charge on any atom is -0.463 e. The van der Waals surface area contributed by atoms with E-state index >= 15 is 0 Å². The van der Waals surface area contributed by atoms with Gasteiger partial charge < -0.3 is 14.9 Å². The molecule has 2 atom stereocenters. The van der Waals surface area contributed by atoms with Crippen molar-refractivity contribution in [2.45, 2.75) is 207 Å². The summed E-state index contributed by atoms with van der Waals surface area (Å²) in [4.78, 5) is 12.1. The molecule has 0 aliphatic heterocycles. The van der Waals surface area contributed by atoms with Gasteiger partial charge in [0.15, 0.2) is 0 Å². The second-order valence-electron chi connectivity index (χ2n) is 13.5. The summed E-state index contributed by atoms with van der Waals surface area (Å²) in [5.41, 5.74) is 0. The number of carbonyl (C=O) groups is 1. The third kappa shape index (κ3) is 32.1. The van der Waals surface area contributed by atoms with Gasteiger partial charge in [-0.2, -0.15) is 0 Å². The van der Waals surface area contributed by atoms with E-state index in [1.165, 1.54) is 167 Å². The normalized spacial score (nSPS) is 13.1. The Hall–Kier alpha value is -0.610. The fraction of sp³-hybridized carbons (Fsp3) is 0.973. The number of hydrogen-bond acceptors (Lipinski definition) is 4. The zero-order chi connectivity index (χ0) is 30.2. The van der Waals surface area contributed by atoms with Gasteiger partial charge in [0.2, 0.25) is 0 Å². The number of rotatable bonds is 33. The summed E-state index contributed by atoms with van der Waals surface area (Å²) in [6, 6.07) is 0. The molecule has 0 saturated heterocycles. The van der Waals surface area contributed by atoms with Gasteiger partial charge in [-0.1, -0.05) is 188 Å². The maximum absolute atomic E-state index is 12.1. The average Bonchev–Trinajstić information content (AvgIpc) is 2.96. The molecule has 0 fully saturated rings. The number of aliphatic hydroxyl groups excluding tert-OH is 2. The molecule has 246 valence electrons. The molecule has 0 rings (SSSR count). The smallest absolute Gasteiger partial charge is 0.305 e. The lowest BCUT2D eigenvalue weighted by Gasteiger charge is -2.17. The highest BCUT2D eigenvalue weighted by Crippen LogP contribution is 2.24. The lowest BCUT2D eigenvalue weighted by atomic mass is 9.90. The van der Waals surface area contributed by atoms with Crippen LogP contribution >= 0.6 is 0 Å². The van der Waals surface area contributed by atoms with Gasteiger partial charge in [-0.25, -0.2) is 0 Å². The van der Waals surface area contributed by atoms with E-state index in [0.717, 1.165) is 12.3 Å². The fourth-order valence-electron chi connectivity index (χ4n) is 5.92. The van der Waals surface area contributed by atoms with Crippen molar-refractivity contribution in [1.82, 2.24) is 0 Å². The van der Waals surface area contributed by atoms with Gasteiger partial charge in [-0.05, 0) is 18.3 Å². The lowest BCUT2D eigenvalue weighted by molar-refractivity contribution is -0.147. The molecule has 2 N–H and O–H groups in total. The number of esters is 1. The molecule has 0 radical (unpaired) electrons. The van der Waals surface area contributed by atoms with Crippen molar-refractivity contribution in [3.63, 3.8) is 0 Å². The Morgan fingerprint density at radius 1 is 0.561 bits per heavy atom. The SMILES string of the molecule is CCCCCCCCCCCCCCCCC(CCCCCCCCCCCC(C)C)CCC(=O)OCC(O)CO. The van der Waals surface area contributed by atoms with E-state index in [1.807, 2.05) is 0 Å². The van der Waals surface area contributed by atoms with Gasteiger partial charge in [0.1, 0.15) is 12.7 Å². The monoisotopic (exact) mass is 583 g/mol. The molecule has 0 bridgehead atoms. The lowest BCUT2D eigenvalue weighted by Crippen LogP contribution is -2.22. The van der Waals surface area contributed by atoms with Crippen LogP contribution in [0.15, 0.2) is 0 Å². The van der Waals surface area contributed by atoms with Crippen LogP contribution in [0, 0.1) is 11.8 Å². The van der Waals surface area contributed by atoms with Crippen LogP contribution < -0.4 is 0 Å². The zero-order valence-electron chi connectivity index (χ0n) is 28.2. The summed E-state index contributed by atoms with van der Waals surface area (Å²) in [6.45, 7) is 6.46. The van der Waals surface area contributed by atoms with Crippen LogP contribution in [0.4, 0.5) is 0 Å².